The van der Waals surface area contributed by atoms with Crippen LogP contribution in [0.5, 0.6) is 11.5 Å². The van der Waals surface area contributed by atoms with Gasteiger partial charge in [0, 0.05) is 18.7 Å². The number of nitrogens with one attached hydrogen (secondary N) is 1. The molecule has 0 saturated heterocycles. The molecule has 5 nitrogen and oxygen atoms in total. The van der Waals surface area contributed by atoms with Crippen molar-refractivity contribution in [1.29, 1.82) is 0 Å². The summed E-state index contributed by atoms with van der Waals surface area (Å²) in [6, 6.07) is 15.1. The number of carbonyl (C=O) groups is 1. The van der Waals surface area contributed by atoms with Gasteiger partial charge in [0.15, 0.2) is 5.75 Å². The standard InChI is InChI=1S/C19H18FN3O2/c20-15-8-10-17(11-9-15)25-18-13-21-23(14-18)12-4-7-19(24)22-16-5-2-1-3-6-16/h1-3,5-6,8-11,13-14H,4,7,12H2,(H,22,24). The summed E-state index contributed by atoms with van der Waals surface area (Å²) >= 11 is 0. The summed E-state index contributed by atoms with van der Waals surface area (Å²) in [4.78, 5) is 11.9. The predicted octanol–water partition coefficient (Wildman–Crippen LogP) is 4.23. The van der Waals surface area contributed by atoms with Crippen LogP contribution in [0.2, 0.25) is 0 Å². The van der Waals surface area contributed by atoms with E-state index in [9.17, 15) is 9.18 Å². The van der Waals surface area contributed by atoms with Crippen molar-refractivity contribution in [3.63, 3.8) is 0 Å². The average molecular weight is 339 g/mol. The molecule has 0 saturated carbocycles. The SMILES string of the molecule is O=C(CCCn1cc(Oc2ccc(F)cc2)cn1)Nc1ccccc1. The summed E-state index contributed by atoms with van der Waals surface area (Å²) in [5.74, 6) is 0.779. The molecule has 0 atom stereocenters. The number of ether oxygens (including phenoxy) is 1. The van der Waals surface area contributed by atoms with Gasteiger partial charge in [-0.05, 0) is 42.8 Å². The Labute approximate surface area is 145 Å². The monoisotopic (exact) mass is 339 g/mol. The number of anilines is 1. The molecular formula is C19H18FN3O2. The Morgan fingerprint density at radius 2 is 1.84 bits per heavy atom. The molecule has 0 aliphatic rings. The second kappa shape index (κ2) is 8.10. The van der Waals surface area contributed by atoms with Crippen molar-refractivity contribution < 1.29 is 13.9 Å². The van der Waals surface area contributed by atoms with E-state index in [4.69, 9.17) is 4.74 Å². The van der Waals surface area contributed by atoms with Gasteiger partial charge in [-0.3, -0.25) is 9.48 Å². The third-order valence-electron chi connectivity index (χ3n) is 3.51. The molecule has 0 aliphatic heterocycles. The zero-order chi connectivity index (χ0) is 17.5. The number of hydrogen-bond acceptors (Lipinski definition) is 3. The van der Waals surface area contributed by atoms with Crippen molar-refractivity contribution >= 4 is 11.6 Å². The highest BCUT2D eigenvalue weighted by molar-refractivity contribution is 5.90. The van der Waals surface area contributed by atoms with Crippen LogP contribution >= 0.6 is 0 Å². The number of aromatic nitrogens is 2. The number of benzene rings is 2. The fourth-order valence-electron chi connectivity index (χ4n) is 2.30. The first kappa shape index (κ1) is 16.7. The van der Waals surface area contributed by atoms with E-state index in [1.54, 1.807) is 29.2 Å². The first-order valence-corrected chi connectivity index (χ1v) is 8.00. The second-order valence-corrected chi connectivity index (χ2v) is 5.51. The summed E-state index contributed by atoms with van der Waals surface area (Å²) in [6.07, 6.45) is 4.41. The molecule has 1 N–H and O–H groups in total. The molecule has 3 rings (SSSR count). The van der Waals surface area contributed by atoms with Crippen LogP contribution in [-0.4, -0.2) is 15.7 Å². The van der Waals surface area contributed by atoms with E-state index in [2.05, 4.69) is 10.4 Å². The third-order valence-corrected chi connectivity index (χ3v) is 3.51. The topological polar surface area (TPSA) is 56.2 Å². The van der Waals surface area contributed by atoms with Gasteiger partial charge in [0.2, 0.25) is 5.91 Å². The van der Waals surface area contributed by atoms with Crippen LogP contribution in [0.3, 0.4) is 0 Å². The van der Waals surface area contributed by atoms with Crippen LogP contribution in [0.1, 0.15) is 12.8 Å². The van der Waals surface area contributed by atoms with Gasteiger partial charge in [0.1, 0.15) is 11.6 Å². The molecule has 1 amide bonds. The van der Waals surface area contributed by atoms with Crippen LogP contribution in [-0.2, 0) is 11.3 Å². The number of hydrogen-bond donors (Lipinski definition) is 1. The van der Waals surface area contributed by atoms with Gasteiger partial charge in [-0.15, -0.1) is 0 Å². The lowest BCUT2D eigenvalue weighted by Gasteiger charge is -2.05. The maximum Gasteiger partial charge on any atom is 0.224 e. The highest BCUT2D eigenvalue weighted by atomic mass is 19.1. The van der Waals surface area contributed by atoms with Crippen molar-refractivity contribution in [3.05, 3.63) is 72.8 Å². The molecule has 0 fully saturated rings. The van der Waals surface area contributed by atoms with E-state index in [1.165, 1.54) is 12.1 Å². The fourth-order valence-corrected chi connectivity index (χ4v) is 2.30. The number of aryl methyl sites for hydroxylation is 1. The molecule has 0 aliphatic carbocycles. The summed E-state index contributed by atoms with van der Waals surface area (Å²) < 4.78 is 20.2. The molecule has 0 radical (unpaired) electrons. The third kappa shape index (κ3) is 5.17. The van der Waals surface area contributed by atoms with E-state index in [1.807, 2.05) is 30.3 Å². The summed E-state index contributed by atoms with van der Waals surface area (Å²) in [5.41, 5.74) is 0.793. The van der Waals surface area contributed by atoms with Gasteiger partial charge in [0.25, 0.3) is 0 Å². The zero-order valence-electron chi connectivity index (χ0n) is 13.6. The minimum atomic E-state index is -0.308. The van der Waals surface area contributed by atoms with E-state index < -0.39 is 0 Å². The summed E-state index contributed by atoms with van der Waals surface area (Å²) in [6.45, 7) is 0.606. The van der Waals surface area contributed by atoms with Crippen molar-refractivity contribution in [2.45, 2.75) is 19.4 Å². The van der Waals surface area contributed by atoms with E-state index >= 15 is 0 Å². The Kier molecular flexibility index (Phi) is 5.41. The predicted molar refractivity (Wildman–Crippen MR) is 93.0 cm³/mol. The Morgan fingerprint density at radius 1 is 1.08 bits per heavy atom. The molecule has 0 unspecified atom stereocenters. The van der Waals surface area contributed by atoms with Gasteiger partial charge in [-0.25, -0.2) is 4.39 Å². The lowest BCUT2D eigenvalue weighted by Crippen LogP contribution is -2.12. The van der Waals surface area contributed by atoms with Crippen LogP contribution in [0.4, 0.5) is 10.1 Å². The quantitative estimate of drug-likeness (QED) is 0.701. The molecule has 2 aromatic carbocycles. The minimum Gasteiger partial charge on any atom is -0.454 e. The minimum absolute atomic E-state index is 0.0267. The summed E-state index contributed by atoms with van der Waals surface area (Å²) in [7, 11) is 0. The van der Waals surface area contributed by atoms with Crippen molar-refractivity contribution in [3.8, 4) is 11.5 Å². The highest BCUT2D eigenvalue weighted by Crippen LogP contribution is 2.20. The van der Waals surface area contributed by atoms with Crippen LogP contribution < -0.4 is 10.1 Å². The molecule has 1 heterocycles. The zero-order valence-corrected chi connectivity index (χ0v) is 13.6. The van der Waals surface area contributed by atoms with E-state index in [0.29, 0.717) is 30.9 Å². The Balaban J connectivity index is 1.44. The van der Waals surface area contributed by atoms with Crippen LogP contribution in [0.25, 0.3) is 0 Å². The van der Waals surface area contributed by atoms with E-state index in [-0.39, 0.29) is 11.7 Å². The Morgan fingerprint density at radius 3 is 2.60 bits per heavy atom. The van der Waals surface area contributed by atoms with Crippen molar-refractivity contribution in [2.24, 2.45) is 0 Å². The van der Waals surface area contributed by atoms with Gasteiger partial charge < -0.3 is 10.1 Å². The molecule has 128 valence electrons. The molecule has 25 heavy (non-hydrogen) atoms. The molecule has 0 bridgehead atoms. The maximum atomic E-state index is 12.9. The first-order valence-electron chi connectivity index (χ1n) is 8.00. The molecule has 1 aromatic heterocycles. The number of amides is 1. The maximum absolute atomic E-state index is 12.9. The number of nitrogens with zero attached hydrogens (tertiary/aromatic N) is 2. The smallest absolute Gasteiger partial charge is 0.224 e. The second-order valence-electron chi connectivity index (χ2n) is 5.51. The molecule has 3 aromatic rings. The number of halogens is 1. The lowest BCUT2D eigenvalue weighted by molar-refractivity contribution is -0.116. The van der Waals surface area contributed by atoms with Crippen LogP contribution in [0, 0.1) is 5.82 Å². The van der Waals surface area contributed by atoms with Gasteiger partial charge in [-0.2, -0.15) is 5.10 Å². The fraction of sp³-hybridized carbons (Fsp3) is 0.158. The van der Waals surface area contributed by atoms with Gasteiger partial charge in [0.05, 0.1) is 12.4 Å². The van der Waals surface area contributed by atoms with Gasteiger partial charge >= 0.3 is 0 Å². The number of carbonyl (C=O) groups excluding carboxylic acids is 1. The van der Waals surface area contributed by atoms with Crippen molar-refractivity contribution in [2.75, 3.05) is 5.32 Å². The first-order chi connectivity index (χ1) is 12.2. The molecule has 6 heteroatoms. The average Bonchev–Trinajstić information content (AvgIpc) is 3.05. The number of para-hydroxylation sites is 1. The Hall–Kier alpha value is -3.15. The highest BCUT2D eigenvalue weighted by Gasteiger charge is 2.05. The number of rotatable bonds is 7. The lowest BCUT2D eigenvalue weighted by atomic mass is 10.2. The molecule has 0 spiro atoms. The Bertz CT molecular complexity index is 816. The normalized spacial score (nSPS) is 10.4. The van der Waals surface area contributed by atoms with Crippen molar-refractivity contribution in [1.82, 2.24) is 9.78 Å². The van der Waals surface area contributed by atoms with Crippen LogP contribution in [0.15, 0.2) is 67.0 Å². The largest absolute Gasteiger partial charge is 0.454 e. The molecular weight excluding hydrogens is 321 g/mol. The van der Waals surface area contributed by atoms with Gasteiger partial charge in [-0.1, -0.05) is 18.2 Å². The summed E-state index contributed by atoms with van der Waals surface area (Å²) in [5, 5.41) is 7.04. The van der Waals surface area contributed by atoms with E-state index in [0.717, 1.165) is 5.69 Å².